The van der Waals surface area contributed by atoms with Crippen molar-refractivity contribution < 1.29 is 37.8 Å². The van der Waals surface area contributed by atoms with E-state index >= 15 is 0 Å². The van der Waals surface area contributed by atoms with Gasteiger partial charge in [0.25, 0.3) is 5.91 Å². The fourth-order valence-electron chi connectivity index (χ4n) is 2.09. The van der Waals surface area contributed by atoms with Gasteiger partial charge in [0, 0.05) is 6.08 Å². The number of rotatable bonds is 7. The van der Waals surface area contributed by atoms with E-state index in [4.69, 9.17) is 9.15 Å². The van der Waals surface area contributed by atoms with E-state index in [1.807, 2.05) is 0 Å². The van der Waals surface area contributed by atoms with E-state index in [0.717, 1.165) is 6.08 Å². The lowest BCUT2D eigenvalue weighted by Gasteiger charge is -2.11. The predicted molar refractivity (Wildman–Crippen MR) is 96.5 cm³/mol. The lowest BCUT2D eigenvalue weighted by Crippen LogP contribution is -2.22. The minimum Gasteiger partial charge on any atom is -0.465 e. The highest BCUT2D eigenvalue weighted by Crippen LogP contribution is 2.19. The van der Waals surface area contributed by atoms with Crippen LogP contribution >= 0.6 is 0 Å². The molecule has 0 fully saturated rings. The molecule has 0 unspecified atom stereocenters. The van der Waals surface area contributed by atoms with Crippen molar-refractivity contribution in [2.75, 3.05) is 26.1 Å². The van der Waals surface area contributed by atoms with Crippen LogP contribution in [-0.2, 0) is 23.8 Å². The fraction of sp³-hybridized carbons (Fsp3) is 0.158. The Morgan fingerprint density at radius 1 is 1.07 bits per heavy atom. The summed E-state index contributed by atoms with van der Waals surface area (Å²) in [5.41, 5.74) is 0.151. The maximum Gasteiger partial charge on any atom is 0.339 e. The molecule has 0 aliphatic rings. The number of amides is 1. The van der Waals surface area contributed by atoms with Crippen molar-refractivity contribution in [1.29, 1.82) is 0 Å². The summed E-state index contributed by atoms with van der Waals surface area (Å²) in [6.07, 6.45) is 3.93. The molecule has 9 heteroatoms. The van der Waals surface area contributed by atoms with Gasteiger partial charge in [0.15, 0.2) is 6.61 Å². The average Bonchev–Trinajstić information content (AvgIpc) is 3.23. The molecule has 0 aliphatic heterocycles. The number of benzene rings is 1. The molecule has 1 aromatic carbocycles. The summed E-state index contributed by atoms with van der Waals surface area (Å²) in [7, 11) is 2.37. The molecule has 28 heavy (non-hydrogen) atoms. The van der Waals surface area contributed by atoms with Gasteiger partial charge in [-0.25, -0.2) is 14.4 Å². The first-order valence-electron chi connectivity index (χ1n) is 7.93. The summed E-state index contributed by atoms with van der Waals surface area (Å²) in [5, 5.41) is 2.40. The van der Waals surface area contributed by atoms with Gasteiger partial charge in [-0.15, -0.1) is 0 Å². The van der Waals surface area contributed by atoms with Gasteiger partial charge in [-0.3, -0.25) is 4.79 Å². The number of anilines is 1. The number of hydrogen-bond donors (Lipinski definition) is 1. The lowest BCUT2D eigenvalue weighted by molar-refractivity contribution is -0.142. The smallest absolute Gasteiger partial charge is 0.339 e. The van der Waals surface area contributed by atoms with Crippen LogP contribution in [-0.4, -0.2) is 44.6 Å². The van der Waals surface area contributed by atoms with Crippen LogP contribution in [0, 0.1) is 0 Å². The number of ether oxygens (including phenoxy) is 3. The van der Waals surface area contributed by atoms with Crippen molar-refractivity contribution in [2.45, 2.75) is 0 Å². The van der Waals surface area contributed by atoms with E-state index < -0.39 is 30.4 Å². The second-order valence-electron chi connectivity index (χ2n) is 5.25. The summed E-state index contributed by atoms with van der Waals surface area (Å²) in [5.74, 6) is -2.40. The Balaban J connectivity index is 2.03. The Bertz CT molecular complexity index is 899. The molecule has 0 saturated heterocycles. The number of carbonyl (C=O) groups is 4. The summed E-state index contributed by atoms with van der Waals surface area (Å²) >= 11 is 0. The topological polar surface area (TPSA) is 121 Å². The van der Waals surface area contributed by atoms with Crippen molar-refractivity contribution in [2.24, 2.45) is 0 Å². The van der Waals surface area contributed by atoms with Crippen molar-refractivity contribution in [3.8, 4) is 0 Å². The minimum atomic E-state index is -0.761. The SMILES string of the molecule is COC(=O)c1ccc(C(=O)OC)c(NC(=O)COC(=O)C=Cc2ccco2)c1. The second kappa shape index (κ2) is 9.72. The first-order chi connectivity index (χ1) is 13.4. The highest BCUT2D eigenvalue weighted by Gasteiger charge is 2.17. The third-order valence-corrected chi connectivity index (χ3v) is 3.39. The monoisotopic (exact) mass is 387 g/mol. The van der Waals surface area contributed by atoms with Crippen molar-refractivity contribution in [1.82, 2.24) is 0 Å². The first kappa shape index (κ1) is 20.4. The highest BCUT2D eigenvalue weighted by atomic mass is 16.5. The van der Waals surface area contributed by atoms with E-state index in [9.17, 15) is 19.2 Å². The zero-order chi connectivity index (χ0) is 20.5. The molecular formula is C19H17NO8. The van der Waals surface area contributed by atoms with Crippen LogP contribution < -0.4 is 5.32 Å². The second-order valence-corrected chi connectivity index (χ2v) is 5.25. The molecule has 0 spiro atoms. The molecule has 1 aromatic heterocycles. The van der Waals surface area contributed by atoms with Crippen LogP contribution in [0.5, 0.6) is 0 Å². The van der Waals surface area contributed by atoms with Crippen LogP contribution in [0.15, 0.2) is 47.1 Å². The first-order valence-corrected chi connectivity index (χ1v) is 7.93. The Morgan fingerprint density at radius 2 is 1.82 bits per heavy atom. The molecule has 0 saturated carbocycles. The fourth-order valence-corrected chi connectivity index (χ4v) is 2.09. The third-order valence-electron chi connectivity index (χ3n) is 3.39. The molecule has 2 aromatic rings. The predicted octanol–water partition coefficient (Wildman–Crippen LogP) is 2.05. The average molecular weight is 387 g/mol. The molecule has 0 bridgehead atoms. The number of methoxy groups -OCH3 is 2. The van der Waals surface area contributed by atoms with Crippen LogP contribution in [0.25, 0.3) is 6.08 Å². The van der Waals surface area contributed by atoms with Gasteiger partial charge >= 0.3 is 17.9 Å². The number of esters is 3. The summed E-state index contributed by atoms with van der Waals surface area (Å²) in [6.45, 7) is -0.607. The van der Waals surface area contributed by atoms with Crippen molar-refractivity contribution in [3.05, 3.63) is 59.6 Å². The molecule has 1 N–H and O–H groups in total. The van der Waals surface area contributed by atoms with Crippen LogP contribution in [0.3, 0.4) is 0 Å². The molecule has 2 rings (SSSR count). The van der Waals surface area contributed by atoms with Gasteiger partial charge in [-0.2, -0.15) is 0 Å². The third kappa shape index (κ3) is 5.56. The van der Waals surface area contributed by atoms with Crippen LogP contribution in [0.2, 0.25) is 0 Å². The normalized spacial score (nSPS) is 10.4. The van der Waals surface area contributed by atoms with E-state index in [1.165, 1.54) is 44.8 Å². The number of furan rings is 1. The van der Waals surface area contributed by atoms with E-state index in [1.54, 1.807) is 12.1 Å². The largest absolute Gasteiger partial charge is 0.465 e. The molecule has 146 valence electrons. The molecular weight excluding hydrogens is 370 g/mol. The molecule has 0 aliphatic carbocycles. The number of nitrogens with one attached hydrogen (secondary N) is 1. The molecule has 0 atom stereocenters. The molecule has 9 nitrogen and oxygen atoms in total. The zero-order valence-electron chi connectivity index (χ0n) is 15.1. The van der Waals surface area contributed by atoms with Gasteiger partial charge < -0.3 is 23.9 Å². The zero-order valence-corrected chi connectivity index (χ0v) is 15.1. The Kier molecular flexibility index (Phi) is 7.09. The van der Waals surface area contributed by atoms with E-state index in [-0.39, 0.29) is 16.8 Å². The Labute approximate surface area is 159 Å². The molecule has 1 heterocycles. The quantitative estimate of drug-likeness (QED) is 0.435. The van der Waals surface area contributed by atoms with Gasteiger partial charge in [0.2, 0.25) is 0 Å². The Hall–Kier alpha value is -3.88. The van der Waals surface area contributed by atoms with E-state index in [2.05, 4.69) is 14.8 Å². The molecule has 1 amide bonds. The minimum absolute atomic E-state index is 0.0157. The maximum absolute atomic E-state index is 12.1. The Morgan fingerprint density at radius 3 is 2.46 bits per heavy atom. The maximum atomic E-state index is 12.1. The van der Waals surface area contributed by atoms with Gasteiger partial charge in [-0.05, 0) is 36.4 Å². The van der Waals surface area contributed by atoms with Gasteiger partial charge in [-0.1, -0.05) is 0 Å². The summed E-state index contributed by atoms with van der Waals surface area (Å²) < 4.78 is 19.1. The van der Waals surface area contributed by atoms with Crippen LogP contribution in [0.4, 0.5) is 5.69 Å². The summed E-state index contributed by atoms with van der Waals surface area (Å²) in [4.78, 5) is 47.2. The van der Waals surface area contributed by atoms with E-state index in [0.29, 0.717) is 5.76 Å². The summed E-state index contributed by atoms with van der Waals surface area (Å²) in [6, 6.07) is 7.21. The number of carbonyl (C=O) groups excluding carboxylic acids is 4. The van der Waals surface area contributed by atoms with Crippen molar-refractivity contribution in [3.63, 3.8) is 0 Å². The lowest BCUT2D eigenvalue weighted by atomic mass is 10.1. The number of hydrogen-bond acceptors (Lipinski definition) is 8. The highest BCUT2D eigenvalue weighted by molar-refractivity contribution is 6.04. The van der Waals surface area contributed by atoms with Gasteiger partial charge in [0.1, 0.15) is 5.76 Å². The van der Waals surface area contributed by atoms with Crippen molar-refractivity contribution >= 4 is 35.6 Å². The van der Waals surface area contributed by atoms with Gasteiger partial charge in [0.05, 0.1) is 37.3 Å². The molecule has 0 radical (unpaired) electrons. The standard InChI is InChI=1S/C19H17NO8/c1-25-18(23)12-5-7-14(19(24)26-2)15(10-12)20-16(21)11-28-17(22)8-6-13-4-3-9-27-13/h3-10H,11H2,1-2H3,(H,20,21). The van der Waals surface area contributed by atoms with Crippen LogP contribution in [0.1, 0.15) is 26.5 Å².